The minimum absolute atomic E-state index is 0.150. The van der Waals surface area contributed by atoms with Crippen LogP contribution in [0.15, 0.2) is 24.3 Å². The first-order valence-electron chi connectivity index (χ1n) is 8.45. The highest BCUT2D eigenvalue weighted by Gasteiger charge is 2.27. The molecular weight excluding hydrogens is 341 g/mol. The minimum atomic E-state index is -0.561. The van der Waals surface area contributed by atoms with Crippen LogP contribution in [0.4, 0.5) is 9.18 Å². The van der Waals surface area contributed by atoms with Gasteiger partial charge in [-0.25, -0.2) is 9.18 Å². The smallest absolute Gasteiger partial charge is 0.410 e. The number of amides is 3. The third-order valence-corrected chi connectivity index (χ3v) is 3.79. The van der Waals surface area contributed by atoms with Crippen LogP contribution >= 0.6 is 0 Å². The average Bonchev–Trinajstić information content (AvgIpc) is 2.58. The molecule has 0 spiro atoms. The Balaban J connectivity index is 1.77. The van der Waals surface area contributed by atoms with Crippen LogP contribution in [0.2, 0.25) is 0 Å². The third-order valence-electron chi connectivity index (χ3n) is 3.79. The number of rotatable bonds is 3. The van der Waals surface area contributed by atoms with E-state index >= 15 is 0 Å². The molecule has 1 aromatic rings. The summed E-state index contributed by atoms with van der Waals surface area (Å²) in [7, 11) is 0. The van der Waals surface area contributed by atoms with Gasteiger partial charge in [-0.2, -0.15) is 0 Å². The lowest BCUT2D eigenvalue weighted by Crippen LogP contribution is -2.53. The van der Waals surface area contributed by atoms with Crippen molar-refractivity contribution in [3.63, 3.8) is 0 Å². The topological polar surface area (TPSA) is 79.0 Å². The molecule has 1 saturated heterocycles. The zero-order valence-electron chi connectivity index (χ0n) is 15.3. The summed E-state index contributed by atoms with van der Waals surface area (Å²) < 4.78 is 18.2. The summed E-state index contributed by atoms with van der Waals surface area (Å²) >= 11 is 0. The molecule has 0 saturated carbocycles. The fourth-order valence-electron chi connectivity index (χ4n) is 2.44. The van der Waals surface area contributed by atoms with Crippen LogP contribution in [-0.2, 0) is 9.53 Å². The summed E-state index contributed by atoms with van der Waals surface area (Å²) in [6, 6.07) is 5.09. The van der Waals surface area contributed by atoms with Gasteiger partial charge in [0.1, 0.15) is 11.4 Å². The molecule has 2 rings (SSSR count). The third kappa shape index (κ3) is 5.72. The van der Waals surface area contributed by atoms with Crippen LogP contribution in [0.3, 0.4) is 0 Å². The zero-order chi connectivity index (χ0) is 19.3. The first-order valence-corrected chi connectivity index (χ1v) is 8.45. The molecule has 7 nitrogen and oxygen atoms in total. The highest BCUT2D eigenvalue weighted by molar-refractivity contribution is 5.96. The number of piperazine rings is 1. The lowest BCUT2D eigenvalue weighted by molar-refractivity contribution is -0.131. The van der Waals surface area contributed by atoms with Crippen LogP contribution in [-0.4, -0.2) is 66.0 Å². The Hall–Kier alpha value is -2.64. The molecule has 1 aliphatic rings. The van der Waals surface area contributed by atoms with Crippen molar-refractivity contribution in [3.05, 3.63) is 35.6 Å². The maximum Gasteiger partial charge on any atom is 0.410 e. The van der Waals surface area contributed by atoms with E-state index in [4.69, 9.17) is 4.74 Å². The molecule has 0 aromatic heterocycles. The van der Waals surface area contributed by atoms with Gasteiger partial charge in [-0.1, -0.05) is 0 Å². The number of benzene rings is 1. The van der Waals surface area contributed by atoms with Crippen molar-refractivity contribution in [2.75, 3.05) is 32.7 Å². The Morgan fingerprint density at radius 2 is 1.58 bits per heavy atom. The summed E-state index contributed by atoms with van der Waals surface area (Å²) in [5.74, 6) is -1.10. The highest BCUT2D eigenvalue weighted by atomic mass is 19.1. The van der Waals surface area contributed by atoms with Crippen molar-refractivity contribution in [1.29, 1.82) is 0 Å². The van der Waals surface area contributed by atoms with Crippen LogP contribution < -0.4 is 5.32 Å². The van der Waals surface area contributed by atoms with E-state index in [-0.39, 0.29) is 18.0 Å². The zero-order valence-corrected chi connectivity index (χ0v) is 15.3. The van der Waals surface area contributed by atoms with Crippen molar-refractivity contribution in [3.8, 4) is 0 Å². The van der Waals surface area contributed by atoms with E-state index in [1.165, 1.54) is 24.3 Å². The molecule has 1 fully saturated rings. The van der Waals surface area contributed by atoms with Crippen LogP contribution in [0.5, 0.6) is 0 Å². The van der Waals surface area contributed by atoms with Gasteiger partial charge in [-0.15, -0.1) is 0 Å². The normalized spacial score (nSPS) is 14.8. The maximum atomic E-state index is 12.9. The number of carbonyl (C=O) groups excluding carboxylic acids is 3. The van der Waals surface area contributed by atoms with Gasteiger partial charge in [0.25, 0.3) is 5.91 Å². The van der Waals surface area contributed by atoms with Crippen molar-refractivity contribution in [1.82, 2.24) is 15.1 Å². The first kappa shape index (κ1) is 19.7. The summed E-state index contributed by atoms with van der Waals surface area (Å²) in [5.41, 5.74) is -0.275. The molecule has 3 amide bonds. The Bertz CT molecular complexity index is 662. The van der Waals surface area contributed by atoms with Gasteiger partial charge in [0.05, 0.1) is 6.54 Å². The predicted octanol–water partition coefficient (Wildman–Crippen LogP) is 1.63. The van der Waals surface area contributed by atoms with Gasteiger partial charge >= 0.3 is 6.09 Å². The van der Waals surface area contributed by atoms with Crippen LogP contribution in [0, 0.1) is 5.82 Å². The summed E-state index contributed by atoms with van der Waals surface area (Å²) in [6.45, 7) is 6.77. The van der Waals surface area contributed by atoms with E-state index < -0.39 is 23.4 Å². The number of halogens is 1. The van der Waals surface area contributed by atoms with Gasteiger partial charge in [0, 0.05) is 31.7 Å². The molecule has 0 atom stereocenters. The lowest BCUT2D eigenvalue weighted by atomic mass is 10.2. The second-order valence-electron chi connectivity index (χ2n) is 7.04. The SMILES string of the molecule is CC(C)(C)OC(=O)N1CCN(C(=O)CNC(=O)c2ccc(F)cc2)CC1. The lowest BCUT2D eigenvalue weighted by Gasteiger charge is -2.35. The van der Waals surface area contributed by atoms with E-state index in [1.54, 1.807) is 30.6 Å². The monoisotopic (exact) mass is 365 g/mol. The molecule has 1 heterocycles. The van der Waals surface area contributed by atoms with E-state index in [0.717, 1.165) is 0 Å². The number of hydrogen-bond donors (Lipinski definition) is 1. The quantitative estimate of drug-likeness (QED) is 0.883. The summed E-state index contributed by atoms with van der Waals surface area (Å²) in [5, 5.41) is 2.52. The Labute approximate surface area is 152 Å². The second kappa shape index (κ2) is 8.16. The van der Waals surface area contributed by atoms with Crippen molar-refractivity contribution in [2.45, 2.75) is 26.4 Å². The fraction of sp³-hybridized carbons (Fsp3) is 0.500. The van der Waals surface area contributed by atoms with Crippen LogP contribution in [0.1, 0.15) is 31.1 Å². The van der Waals surface area contributed by atoms with Gasteiger partial charge in [0.2, 0.25) is 5.91 Å². The Morgan fingerprint density at radius 1 is 1.04 bits per heavy atom. The maximum absolute atomic E-state index is 12.9. The van der Waals surface area contributed by atoms with Gasteiger partial charge < -0.3 is 19.9 Å². The largest absolute Gasteiger partial charge is 0.444 e. The van der Waals surface area contributed by atoms with E-state index in [2.05, 4.69) is 5.32 Å². The van der Waals surface area contributed by atoms with E-state index in [0.29, 0.717) is 26.2 Å². The van der Waals surface area contributed by atoms with Crippen LogP contribution in [0.25, 0.3) is 0 Å². The fourth-order valence-corrected chi connectivity index (χ4v) is 2.44. The predicted molar refractivity (Wildman–Crippen MR) is 93.1 cm³/mol. The van der Waals surface area contributed by atoms with Gasteiger partial charge in [-0.05, 0) is 45.0 Å². The molecule has 0 aliphatic carbocycles. The Kier molecular flexibility index (Phi) is 6.18. The summed E-state index contributed by atoms with van der Waals surface area (Å²) in [4.78, 5) is 39.3. The van der Waals surface area contributed by atoms with Crippen molar-refractivity contribution >= 4 is 17.9 Å². The van der Waals surface area contributed by atoms with E-state index in [9.17, 15) is 18.8 Å². The highest BCUT2D eigenvalue weighted by Crippen LogP contribution is 2.12. The molecule has 26 heavy (non-hydrogen) atoms. The summed E-state index contributed by atoms with van der Waals surface area (Å²) in [6.07, 6.45) is -0.394. The number of nitrogens with one attached hydrogen (secondary N) is 1. The molecule has 1 N–H and O–H groups in total. The number of hydrogen-bond acceptors (Lipinski definition) is 4. The molecule has 0 unspecified atom stereocenters. The number of carbonyl (C=O) groups is 3. The number of ether oxygens (including phenoxy) is 1. The average molecular weight is 365 g/mol. The van der Waals surface area contributed by atoms with Gasteiger partial charge in [0.15, 0.2) is 0 Å². The van der Waals surface area contributed by atoms with Crippen molar-refractivity contribution in [2.24, 2.45) is 0 Å². The molecule has 0 radical (unpaired) electrons. The standard InChI is InChI=1S/C18H24FN3O4/c1-18(2,3)26-17(25)22-10-8-21(9-11-22)15(23)12-20-16(24)13-4-6-14(19)7-5-13/h4-7H,8-12H2,1-3H3,(H,20,24). The molecule has 1 aliphatic heterocycles. The molecular formula is C18H24FN3O4. The molecule has 1 aromatic carbocycles. The second-order valence-corrected chi connectivity index (χ2v) is 7.04. The first-order chi connectivity index (χ1) is 12.2. The minimum Gasteiger partial charge on any atom is -0.444 e. The van der Waals surface area contributed by atoms with Crippen molar-refractivity contribution < 1.29 is 23.5 Å². The van der Waals surface area contributed by atoms with E-state index in [1.807, 2.05) is 0 Å². The number of nitrogens with zero attached hydrogens (tertiary/aromatic N) is 2. The Morgan fingerprint density at radius 3 is 2.12 bits per heavy atom. The molecule has 8 heteroatoms. The molecule has 142 valence electrons. The van der Waals surface area contributed by atoms with Gasteiger partial charge in [-0.3, -0.25) is 9.59 Å². The molecule has 0 bridgehead atoms.